The van der Waals surface area contributed by atoms with Crippen molar-refractivity contribution in [3.63, 3.8) is 0 Å². The number of carbonyl (C=O) groups excluding carboxylic acids is 2. The molecule has 0 aromatic carbocycles. The van der Waals surface area contributed by atoms with E-state index in [-0.39, 0.29) is 17.9 Å². The molecule has 0 spiro atoms. The molecule has 1 saturated heterocycles. The molecule has 0 aromatic rings. The van der Waals surface area contributed by atoms with Crippen LogP contribution >= 0.6 is 0 Å². The quantitative estimate of drug-likeness (QED) is 0.501. The van der Waals surface area contributed by atoms with Gasteiger partial charge in [0.05, 0.1) is 0 Å². The van der Waals surface area contributed by atoms with Crippen molar-refractivity contribution in [2.75, 3.05) is 0 Å². The molecule has 10 heavy (non-hydrogen) atoms. The largest absolute Gasteiger partial charge is 0.353 e. The first-order chi connectivity index (χ1) is 4.74. The van der Waals surface area contributed by atoms with E-state index in [1.165, 1.54) is 0 Å². The summed E-state index contributed by atoms with van der Waals surface area (Å²) in [6, 6.07) is -0.356. The van der Waals surface area contributed by atoms with E-state index in [1.807, 2.05) is 0 Å². The van der Waals surface area contributed by atoms with Gasteiger partial charge in [0.1, 0.15) is 6.04 Å². The Labute approximate surface area is 59.0 Å². The van der Waals surface area contributed by atoms with Gasteiger partial charge in [-0.05, 0) is 6.42 Å². The maximum absolute atomic E-state index is 10.8. The van der Waals surface area contributed by atoms with Gasteiger partial charge in [-0.3, -0.25) is 9.59 Å². The summed E-state index contributed by atoms with van der Waals surface area (Å²) < 4.78 is 0. The monoisotopic (exact) mass is 141 g/mol. The van der Waals surface area contributed by atoms with Gasteiger partial charge in [0.2, 0.25) is 11.8 Å². The third-order valence-electron chi connectivity index (χ3n) is 1.49. The third kappa shape index (κ3) is 1.26. The highest BCUT2D eigenvalue weighted by Crippen LogP contribution is 2.05. The minimum absolute atomic E-state index is 0.0615. The fourth-order valence-electron chi connectivity index (χ4n) is 0.934. The summed E-state index contributed by atoms with van der Waals surface area (Å²) in [5, 5.41) is 4.74. The van der Waals surface area contributed by atoms with E-state index in [9.17, 15) is 9.59 Å². The molecule has 1 unspecified atom stereocenters. The van der Waals surface area contributed by atoms with E-state index in [0.717, 1.165) is 0 Å². The van der Waals surface area contributed by atoms with Gasteiger partial charge in [-0.15, -0.1) is 0 Å². The van der Waals surface area contributed by atoms with E-state index < -0.39 is 0 Å². The first-order valence-electron chi connectivity index (χ1n) is 3.10. The molecular formula is C6H9N2O2. The molecule has 0 saturated carbocycles. The van der Waals surface area contributed by atoms with Crippen molar-refractivity contribution < 1.29 is 9.59 Å². The van der Waals surface area contributed by atoms with Crippen LogP contribution in [0.25, 0.3) is 0 Å². The molecular weight excluding hydrogens is 132 g/mol. The Bertz CT molecular complexity index is 167. The third-order valence-corrected chi connectivity index (χ3v) is 1.49. The van der Waals surface area contributed by atoms with Gasteiger partial charge in [0.25, 0.3) is 0 Å². The lowest BCUT2D eigenvalue weighted by molar-refractivity contribution is -0.125. The van der Waals surface area contributed by atoms with Gasteiger partial charge in [-0.1, -0.05) is 0 Å². The number of carbonyl (C=O) groups is 2. The van der Waals surface area contributed by atoms with Crippen molar-refractivity contribution in [2.24, 2.45) is 0 Å². The van der Waals surface area contributed by atoms with Gasteiger partial charge in [0.15, 0.2) is 0 Å². The van der Waals surface area contributed by atoms with Crippen LogP contribution in [0.2, 0.25) is 0 Å². The molecule has 1 radical (unpaired) electrons. The molecule has 0 aliphatic carbocycles. The van der Waals surface area contributed by atoms with Crippen LogP contribution < -0.4 is 10.6 Å². The average molecular weight is 141 g/mol. The van der Waals surface area contributed by atoms with Crippen LogP contribution in [0, 0.1) is 7.05 Å². The Morgan fingerprint density at radius 3 is 2.90 bits per heavy atom. The molecule has 4 nitrogen and oxygen atoms in total. The first-order valence-corrected chi connectivity index (χ1v) is 3.10. The fourth-order valence-corrected chi connectivity index (χ4v) is 0.934. The predicted octanol–water partition coefficient (Wildman–Crippen LogP) is -0.827. The number of hydrogen-bond acceptors (Lipinski definition) is 2. The molecule has 0 aromatic heterocycles. The Kier molecular flexibility index (Phi) is 1.89. The maximum atomic E-state index is 10.8. The van der Waals surface area contributed by atoms with E-state index in [2.05, 4.69) is 17.7 Å². The molecule has 2 amide bonds. The van der Waals surface area contributed by atoms with Gasteiger partial charge < -0.3 is 10.6 Å². The summed E-state index contributed by atoms with van der Waals surface area (Å²) in [6.07, 6.45) is 1.03. The average Bonchev–Trinajstić information content (AvgIpc) is 2.34. The van der Waals surface area contributed by atoms with E-state index >= 15 is 0 Å². The Balaban J connectivity index is 2.44. The second-order valence-corrected chi connectivity index (χ2v) is 2.20. The topological polar surface area (TPSA) is 58.2 Å². The van der Waals surface area contributed by atoms with Crippen molar-refractivity contribution in [1.29, 1.82) is 0 Å². The van der Waals surface area contributed by atoms with E-state index in [4.69, 9.17) is 0 Å². The normalized spacial score (nSPS) is 24.1. The van der Waals surface area contributed by atoms with Crippen molar-refractivity contribution in [2.45, 2.75) is 18.9 Å². The van der Waals surface area contributed by atoms with Crippen molar-refractivity contribution in [3.8, 4) is 0 Å². The van der Waals surface area contributed by atoms with Crippen LogP contribution in [0.1, 0.15) is 12.8 Å². The number of hydrogen-bond donors (Lipinski definition) is 2. The fraction of sp³-hybridized carbons (Fsp3) is 0.500. The van der Waals surface area contributed by atoms with Crippen LogP contribution in [0.3, 0.4) is 0 Å². The maximum Gasteiger partial charge on any atom is 0.242 e. The number of nitrogens with one attached hydrogen (secondary N) is 2. The zero-order valence-corrected chi connectivity index (χ0v) is 5.52. The summed E-state index contributed by atoms with van der Waals surface area (Å²) in [5.74, 6) is -0.278. The predicted molar refractivity (Wildman–Crippen MR) is 34.7 cm³/mol. The molecule has 0 bridgehead atoms. The molecule has 2 N–H and O–H groups in total. The van der Waals surface area contributed by atoms with Crippen molar-refractivity contribution in [3.05, 3.63) is 7.05 Å². The van der Waals surface area contributed by atoms with E-state index in [1.54, 1.807) is 0 Å². The summed E-state index contributed by atoms with van der Waals surface area (Å²) in [4.78, 5) is 21.3. The lowest BCUT2D eigenvalue weighted by Gasteiger charge is -2.05. The SMILES string of the molecule is [CH2]NC(=O)C1CCC(=O)N1. The van der Waals surface area contributed by atoms with Crippen LogP contribution in [-0.4, -0.2) is 17.9 Å². The van der Waals surface area contributed by atoms with Gasteiger partial charge >= 0.3 is 0 Å². The second-order valence-electron chi connectivity index (χ2n) is 2.20. The van der Waals surface area contributed by atoms with Crippen molar-refractivity contribution in [1.82, 2.24) is 10.6 Å². The smallest absolute Gasteiger partial charge is 0.242 e. The first kappa shape index (κ1) is 7.05. The summed E-state index contributed by atoms with van der Waals surface area (Å²) in [6.45, 7) is 0. The number of rotatable bonds is 1. The summed E-state index contributed by atoms with van der Waals surface area (Å²) >= 11 is 0. The van der Waals surface area contributed by atoms with Crippen LogP contribution in [0.5, 0.6) is 0 Å². The molecule has 1 fully saturated rings. The van der Waals surface area contributed by atoms with Gasteiger partial charge in [-0.25, -0.2) is 0 Å². The zero-order chi connectivity index (χ0) is 7.56. The minimum atomic E-state index is -0.356. The Morgan fingerprint density at radius 1 is 1.80 bits per heavy atom. The van der Waals surface area contributed by atoms with Gasteiger partial charge in [0, 0.05) is 13.5 Å². The molecule has 4 heteroatoms. The second kappa shape index (κ2) is 2.68. The standard InChI is InChI=1S/C6H9N2O2/c1-7-6(10)4-2-3-5(9)8-4/h4H,1-3H2,(H,7,10)(H,8,9). The highest BCUT2D eigenvalue weighted by atomic mass is 16.2. The van der Waals surface area contributed by atoms with Crippen LogP contribution in [0.15, 0.2) is 0 Å². The van der Waals surface area contributed by atoms with Crippen LogP contribution in [0.4, 0.5) is 0 Å². The zero-order valence-electron chi connectivity index (χ0n) is 5.52. The van der Waals surface area contributed by atoms with Crippen LogP contribution in [-0.2, 0) is 9.59 Å². The molecule has 1 aliphatic heterocycles. The molecule has 55 valence electrons. The van der Waals surface area contributed by atoms with Crippen molar-refractivity contribution >= 4 is 11.8 Å². The highest BCUT2D eigenvalue weighted by Gasteiger charge is 2.25. The summed E-state index contributed by atoms with van der Waals surface area (Å²) in [5.41, 5.74) is 0. The highest BCUT2D eigenvalue weighted by molar-refractivity contribution is 5.90. The van der Waals surface area contributed by atoms with Gasteiger partial charge in [-0.2, -0.15) is 0 Å². The lowest BCUT2D eigenvalue weighted by Crippen LogP contribution is -2.39. The summed E-state index contributed by atoms with van der Waals surface area (Å²) in [7, 11) is 3.20. The Hall–Kier alpha value is -1.06. The molecule has 1 atom stereocenters. The molecule has 1 rings (SSSR count). The minimum Gasteiger partial charge on any atom is -0.353 e. The molecule has 1 heterocycles. The molecule has 1 aliphatic rings. The lowest BCUT2D eigenvalue weighted by atomic mass is 10.2. The van der Waals surface area contributed by atoms with E-state index in [0.29, 0.717) is 12.8 Å². The number of amides is 2. The Morgan fingerprint density at radius 2 is 2.50 bits per heavy atom.